The van der Waals surface area contributed by atoms with Crippen molar-refractivity contribution in [2.24, 2.45) is 0 Å². The van der Waals surface area contributed by atoms with Crippen LogP contribution < -0.4 is 14.8 Å². The molecule has 5 rings (SSSR count). The van der Waals surface area contributed by atoms with Crippen LogP contribution in [0.3, 0.4) is 0 Å². The van der Waals surface area contributed by atoms with Crippen molar-refractivity contribution in [3.63, 3.8) is 0 Å². The van der Waals surface area contributed by atoms with Crippen LogP contribution in [0.25, 0.3) is 32.9 Å². The Morgan fingerprint density at radius 3 is 2.34 bits per heavy atom. The molecule has 0 amide bonds. The maximum Gasteiger partial charge on any atom is 0.573 e. The minimum absolute atomic E-state index is 0.219. The summed E-state index contributed by atoms with van der Waals surface area (Å²) in [5.74, 6) is 0.156. The summed E-state index contributed by atoms with van der Waals surface area (Å²) in [6.07, 6.45) is -4.77. The van der Waals surface area contributed by atoms with Crippen molar-refractivity contribution in [3.05, 3.63) is 96.6 Å². The lowest BCUT2D eigenvalue weighted by Crippen LogP contribution is -2.17. The van der Waals surface area contributed by atoms with E-state index in [9.17, 15) is 13.2 Å². The lowest BCUT2D eigenvalue weighted by atomic mass is 9.99. The zero-order valence-corrected chi connectivity index (χ0v) is 18.8. The number of halogens is 3. The molecule has 0 saturated carbocycles. The second-order valence-corrected chi connectivity index (χ2v) is 8.01. The molecule has 0 saturated heterocycles. The van der Waals surface area contributed by atoms with E-state index in [1.165, 1.54) is 25.3 Å². The molecule has 0 bridgehead atoms. The molecule has 1 heterocycles. The van der Waals surface area contributed by atoms with E-state index in [-0.39, 0.29) is 12.3 Å². The van der Waals surface area contributed by atoms with Crippen LogP contribution in [-0.2, 0) is 6.54 Å². The van der Waals surface area contributed by atoms with Gasteiger partial charge < -0.3 is 14.8 Å². The van der Waals surface area contributed by atoms with Gasteiger partial charge in [0.1, 0.15) is 11.5 Å². The van der Waals surface area contributed by atoms with Crippen LogP contribution in [-0.4, -0.2) is 18.5 Å². The van der Waals surface area contributed by atoms with Gasteiger partial charge in [0.2, 0.25) is 0 Å². The highest BCUT2D eigenvalue weighted by atomic mass is 19.4. The number of nitrogens with zero attached hydrogens (tertiary/aromatic N) is 1. The van der Waals surface area contributed by atoms with Crippen LogP contribution in [0.5, 0.6) is 11.5 Å². The molecule has 0 unspecified atom stereocenters. The van der Waals surface area contributed by atoms with Crippen molar-refractivity contribution >= 4 is 27.5 Å². The number of nitrogens with one attached hydrogen (secondary N) is 1. The largest absolute Gasteiger partial charge is 0.573 e. The van der Waals surface area contributed by atoms with Crippen molar-refractivity contribution in [1.29, 1.82) is 0 Å². The van der Waals surface area contributed by atoms with E-state index < -0.39 is 6.36 Å². The summed E-state index contributed by atoms with van der Waals surface area (Å²) < 4.78 is 47.6. The van der Waals surface area contributed by atoms with E-state index in [2.05, 4.69) is 22.2 Å². The van der Waals surface area contributed by atoms with Gasteiger partial charge in [0.25, 0.3) is 0 Å². The Morgan fingerprint density at radius 1 is 0.800 bits per heavy atom. The molecule has 7 heteroatoms. The maximum absolute atomic E-state index is 12.7. The fourth-order valence-electron chi connectivity index (χ4n) is 4.11. The first-order chi connectivity index (χ1) is 16.9. The number of hydrogen-bond acceptors (Lipinski definition) is 4. The van der Waals surface area contributed by atoms with E-state index in [0.717, 1.165) is 38.6 Å². The highest BCUT2D eigenvalue weighted by Crippen LogP contribution is 2.35. The van der Waals surface area contributed by atoms with Gasteiger partial charge in [0.05, 0.1) is 18.1 Å². The van der Waals surface area contributed by atoms with Crippen LogP contribution in [0.15, 0.2) is 91.0 Å². The lowest BCUT2D eigenvalue weighted by molar-refractivity contribution is -0.274. The Balaban J connectivity index is 1.56. The number of hydrogen-bond donors (Lipinski definition) is 1. The molecule has 0 fully saturated rings. The fourth-order valence-corrected chi connectivity index (χ4v) is 4.11. The number of pyridine rings is 1. The van der Waals surface area contributed by atoms with Crippen LogP contribution in [0, 0.1) is 0 Å². The van der Waals surface area contributed by atoms with Gasteiger partial charge in [-0.3, -0.25) is 0 Å². The maximum atomic E-state index is 12.7. The SMILES string of the molecule is COc1ccc(OC(F)(F)F)cc1CNc1cc2nc3ccccc3cc2cc1-c1ccccc1. The van der Waals surface area contributed by atoms with Gasteiger partial charge in [0, 0.05) is 34.1 Å². The van der Waals surface area contributed by atoms with Crippen molar-refractivity contribution < 1.29 is 22.6 Å². The van der Waals surface area contributed by atoms with Crippen LogP contribution in [0.2, 0.25) is 0 Å². The third-order valence-corrected chi connectivity index (χ3v) is 5.70. The average Bonchev–Trinajstić information content (AvgIpc) is 2.85. The molecule has 1 aromatic heterocycles. The predicted molar refractivity (Wildman–Crippen MR) is 132 cm³/mol. The Kier molecular flexibility index (Phi) is 5.91. The van der Waals surface area contributed by atoms with Crippen molar-refractivity contribution in [3.8, 4) is 22.6 Å². The first-order valence-corrected chi connectivity index (χ1v) is 11.0. The summed E-state index contributed by atoms with van der Waals surface area (Å²) in [7, 11) is 1.48. The van der Waals surface area contributed by atoms with Crippen molar-refractivity contribution in [2.75, 3.05) is 12.4 Å². The number of alkyl halides is 3. The van der Waals surface area contributed by atoms with Gasteiger partial charge in [0.15, 0.2) is 0 Å². The molecule has 4 aromatic carbocycles. The van der Waals surface area contributed by atoms with Gasteiger partial charge >= 0.3 is 6.36 Å². The standard InChI is InChI=1S/C28H21F3N2O2/c1-34-27-12-11-22(35-28(29,30)31)14-21(27)17-32-26-16-25-20(13-19-9-5-6-10-24(19)33-25)15-23(26)18-7-3-2-4-8-18/h2-16,32H,17H2,1H3. The number of para-hydroxylation sites is 1. The zero-order valence-electron chi connectivity index (χ0n) is 18.8. The molecule has 0 aliphatic carbocycles. The van der Waals surface area contributed by atoms with Crippen molar-refractivity contribution in [1.82, 2.24) is 4.98 Å². The molecular weight excluding hydrogens is 453 g/mol. The molecular formula is C28H21F3N2O2. The number of aromatic nitrogens is 1. The van der Waals surface area contributed by atoms with Crippen LogP contribution >= 0.6 is 0 Å². The number of methoxy groups -OCH3 is 1. The summed E-state index contributed by atoms with van der Waals surface area (Å²) in [6, 6.07) is 28.0. The van der Waals surface area contributed by atoms with E-state index in [4.69, 9.17) is 9.72 Å². The monoisotopic (exact) mass is 474 g/mol. The molecule has 0 atom stereocenters. The normalized spacial score (nSPS) is 11.5. The highest BCUT2D eigenvalue weighted by molar-refractivity contribution is 5.98. The van der Waals surface area contributed by atoms with E-state index >= 15 is 0 Å². The molecule has 1 N–H and O–H groups in total. The van der Waals surface area contributed by atoms with Gasteiger partial charge in [-0.25, -0.2) is 4.98 Å². The minimum Gasteiger partial charge on any atom is -0.496 e. The highest BCUT2D eigenvalue weighted by Gasteiger charge is 2.31. The number of rotatable bonds is 6. The van der Waals surface area contributed by atoms with Gasteiger partial charge in [-0.2, -0.15) is 0 Å². The summed E-state index contributed by atoms with van der Waals surface area (Å²) in [6.45, 7) is 0.219. The first-order valence-electron chi connectivity index (χ1n) is 11.0. The van der Waals surface area contributed by atoms with E-state index in [1.54, 1.807) is 0 Å². The molecule has 0 aliphatic heterocycles. The second kappa shape index (κ2) is 9.18. The summed E-state index contributed by atoms with van der Waals surface area (Å²) in [5, 5.41) is 5.42. The molecule has 35 heavy (non-hydrogen) atoms. The van der Waals surface area contributed by atoms with E-state index in [1.807, 2.05) is 60.7 Å². The quantitative estimate of drug-likeness (QED) is 0.258. The fraction of sp³-hybridized carbons (Fsp3) is 0.107. The van der Waals surface area contributed by atoms with E-state index in [0.29, 0.717) is 11.3 Å². The lowest BCUT2D eigenvalue weighted by Gasteiger charge is -2.17. The first kappa shape index (κ1) is 22.5. The summed E-state index contributed by atoms with van der Waals surface area (Å²) in [5.41, 5.74) is 4.99. The molecule has 4 nitrogen and oxygen atoms in total. The summed E-state index contributed by atoms with van der Waals surface area (Å²) >= 11 is 0. The number of ether oxygens (including phenoxy) is 2. The Bertz CT molecular complexity index is 1500. The third-order valence-electron chi connectivity index (χ3n) is 5.70. The number of fused-ring (bicyclic) bond motifs is 2. The van der Waals surface area contributed by atoms with Gasteiger partial charge in [-0.15, -0.1) is 13.2 Å². The van der Waals surface area contributed by atoms with Crippen molar-refractivity contribution in [2.45, 2.75) is 12.9 Å². The Labute approximate surface area is 199 Å². The van der Waals surface area contributed by atoms with Crippen LogP contribution in [0.1, 0.15) is 5.56 Å². The topological polar surface area (TPSA) is 43.4 Å². The third kappa shape index (κ3) is 4.99. The number of benzene rings is 4. The average molecular weight is 474 g/mol. The second-order valence-electron chi connectivity index (χ2n) is 8.01. The molecule has 5 aromatic rings. The zero-order chi connectivity index (χ0) is 24.4. The summed E-state index contributed by atoms with van der Waals surface area (Å²) in [4.78, 5) is 4.81. The molecule has 0 radical (unpaired) electrons. The predicted octanol–water partition coefficient (Wildman–Crippen LogP) is 7.57. The Hall–Kier alpha value is -4.26. The molecule has 0 spiro atoms. The van der Waals surface area contributed by atoms with Gasteiger partial charge in [-0.05, 0) is 48.0 Å². The molecule has 0 aliphatic rings. The number of anilines is 1. The smallest absolute Gasteiger partial charge is 0.496 e. The Morgan fingerprint density at radius 2 is 1.57 bits per heavy atom. The minimum atomic E-state index is -4.77. The van der Waals surface area contributed by atoms with Crippen LogP contribution in [0.4, 0.5) is 18.9 Å². The molecule has 176 valence electrons. The van der Waals surface area contributed by atoms with Gasteiger partial charge in [-0.1, -0.05) is 48.5 Å².